The number of rotatable bonds is 4. The number of ether oxygens (including phenoxy) is 1. The van der Waals surface area contributed by atoms with Gasteiger partial charge in [0.25, 0.3) is 0 Å². The second-order valence-corrected chi connectivity index (χ2v) is 4.43. The van der Waals surface area contributed by atoms with E-state index in [0.29, 0.717) is 5.75 Å². The topological polar surface area (TPSA) is 62.3 Å². The number of H-pyrrole nitrogens is 1. The first-order valence-electron chi connectivity index (χ1n) is 6.26. The number of hydrogen-bond donors (Lipinski definition) is 2. The monoisotopic (exact) mass is 267 g/mol. The van der Waals surface area contributed by atoms with Gasteiger partial charge in [0.1, 0.15) is 5.75 Å². The van der Waals surface area contributed by atoms with Crippen molar-refractivity contribution in [2.75, 3.05) is 6.61 Å². The van der Waals surface area contributed by atoms with E-state index in [2.05, 4.69) is 4.98 Å². The van der Waals surface area contributed by atoms with Crippen molar-refractivity contribution in [2.45, 2.75) is 0 Å². The van der Waals surface area contributed by atoms with Gasteiger partial charge < -0.3 is 14.8 Å². The van der Waals surface area contributed by atoms with E-state index >= 15 is 0 Å². The number of aliphatic carboxylic acids is 1. The zero-order valence-electron chi connectivity index (χ0n) is 10.7. The first-order valence-corrected chi connectivity index (χ1v) is 6.26. The zero-order valence-corrected chi connectivity index (χ0v) is 10.7. The maximum atomic E-state index is 10.7. The van der Waals surface area contributed by atoms with Crippen molar-refractivity contribution in [3.8, 4) is 16.9 Å². The van der Waals surface area contributed by atoms with Crippen LogP contribution in [0.4, 0.5) is 0 Å². The van der Waals surface area contributed by atoms with Gasteiger partial charge >= 0.3 is 5.97 Å². The molecule has 0 spiro atoms. The lowest BCUT2D eigenvalue weighted by molar-refractivity contribution is -0.139. The Morgan fingerprint density at radius 1 is 1.05 bits per heavy atom. The van der Waals surface area contributed by atoms with Gasteiger partial charge in [-0.25, -0.2) is 4.79 Å². The molecule has 0 aliphatic rings. The van der Waals surface area contributed by atoms with Crippen LogP contribution in [-0.4, -0.2) is 22.7 Å². The predicted octanol–water partition coefficient (Wildman–Crippen LogP) is 3.30. The molecular formula is C16H13NO3. The third-order valence-electron chi connectivity index (χ3n) is 3.12. The van der Waals surface area contributed by atoms with E-state index in [1.54, 1.807) is 6.07 Å². The van der Waals surface area contributed by atoms with Gasteiger partial charge in [-0.1, -0.05) is 36.4 Å². The van der Waals surface area contributed by atoms with Gasteiger partial charge in [0.15, 0.2) is 6.61 Å². The summed E-state index contributed by atoms with van der Waals surface area (Å²) in [5.74, 6) is -0.418. The average Bonchev–Trinajstić information content (AvgIpc) is 2.89. The number of aromatic amines is 1. The summed E-state index contributed by atoms with van der Waals surface area (Å²) >= 11 is 0. The lowest BCUT2D eigenvalue weighted by Crippen LogP contribution is -2.09. The minimum Gasteiger partial charge on any atom is -0.481 e. The van der Waals surface area contributed by atoms with E-state index < -0.39 is 5.97 Å². The number of carboxylic acids is 1. The van der Waals surface area contributed by atoms with Crippen LogP contribution in [0.5, 0.6) is 5.75 Å². The third-order valence-corrected chi connectivity index (χ3v) is 3.12. The predicted molar refractivity (Wildman–Crippen MR) is 76.9 cm³/mol. The molecule has 3 rings (SSSR count). The molecule has 3 aromatic rings. The number of carbonyl (C=O) groups is 1. The number of benzene rings is 2. The van der Waals surface area contributed by atoms with Crippen LogP contribution in [-0.2, 0) is 4.79 Å². The molecule has 0 unspecified atom stereocenters. The third kappa shape index (κ3) is 2.23. The fourth-order valence-corrected chi connectivity index (χ4v) is 2.25. The molecule has 0 radical (unpaired) electrons. The molecule has 0 aliphatic heterocycles. The van der Waals surface area contributed by atoms with Gasteiger partial charge in [0, 0.05) is 28.2 Å². The van der Waals surface area contributed by atoms with Gasteiger partial charge in [-0.2, -0.15) is 0 Å². The summed E-state index contributed by atoms with van der Waals surface area (Å²) in [7, 11) is 0. The van der Waals surface area contributed by atoms with E-state index in [4.69, 9.17) is 9.84 Å². The van der Waals surface area contributed by atoms with Crippen LogP contribution in [0, 0.1) is 0 Å². The molecular weight excluding hydrogens is 254 g/mol. The summed E-state index contributed by atoms with van der Waals surface area (Å²) in [6.45, 7) is -0.348. The Morgan fingerprint density at radius 3 is 2.65 bits per heavy atom. The molecule has 0 bridgehead atoms. The van der Waals surface area contributed by atoms with E-state index in [9.17, 15) is 4.79 Å². The molecule has 0 fully saturated rings. The van der Waals surface area contributed by atoms with Crippen LogP contribution in [0.1, 0.15) is 0 Å². The Morgan fingerprint density at radius 2 is 1.80 bits per heavy atom. The average molecular weight is 267 g/mol. The summed E-state index contributed by atoms with van der Waals surface area (Å²) in [6, 6.07) is 15.4. The second kappa shape index (κ2) is 5.09. The minimum atomic E-state index is -0.987. The quantitative estimate of drug-likeness (QED) is 0.762. The summed E-state index contributed by atoms with van der Waals surface area (Å²) < 4.78 is 5.36. The highest BCUT2D eigenvalue weighted by atomic mass is 16.5. The Bertz CT molecular complexity index is 761. The summed E-state index contributed by atoms with van der Waals surface area (Å²) in [6.07, 6.45) is 1.91. The van der Waals surface area contributed by atoms with Crippen molar-refractivity contribution in [1.82, 2.24) is 4.98 Å². The van der Waals surface area contributed by atoms with Crippen LogP contribution < -0.4 is 4.74 Å². The number of hydrogen-bond acceptors (Lipinski definition) is 2. The molecule has 0 amide bonds. The smallest absolute Gasteiger partial charge is 0.341 e. The molecule has 4 nitrogen and oxygen atoms in total. The number of fused-ring (bicyclic) bond motifs is 1. The molecule has 1 aromatic heterocycles. The fraction of sp³-hybridized carbons (Fsp3) is 0.0625. The first kappa shape index (κ1) is 12.3. The van der Waals surface area contributed by atoms with Crippen molar-refractivity contribution >= 4 is 16.9 Å². The molecule has 0 saturated heterocycles. The molecule has 0 aliphatic carbocycles. The van der Waals surface area contributed by atoms with Gasteiger partial charge in [-0.05, 0) is 12.1 Å². The van der Waals surface area contributed by atoms with Crippen molar-refractivity contribution in [2.24, 2.45) is 0 Å². The molecule has 100 valence electrons. The standard InChI is InChI=1S/C16H13NO3/c18-16(19)10-20-15-8-4-2-6-12(15)13-9-17-14-7-3-1-5-11(13)14/h1-9,17H,10H2,(H,18,19). The van der Waals surface area contributed by atoms with Gasteiger partial charge in [-0.15, -0.1) is 0 Å². The largest absolute Gasteiger partial charge is 0.481 e. The highest BCUT2D eigenvalue weighted by molar-refractivity contribution is 5.96. The number of para-hydroxylation sites is 2. The first-order chi connectivity index (χ1) is 9.75. The van der Waals surface area contributed by atoms with Crippen LogP contribution in [0.15, 0.2) is 54.7 Å². The highest BCUT2D eigenvalue weighted by Crippen LogP contribution is 2.34. The maximum absolute atomic E-state index is 10.7. The van der Waals surface area contributed by atoms with Crippen LogP contribution in [0.25, 0.3) is 22.0 Å². The highest BCUT2D eigenvalue weighted by Gasteiger charge is 2.11. The Labute approximate surface area is 115 Å². The van der Waals surface area contributed by atoms with Gasteiger partial charge in [0.05, 0.1) is 0 Å². The van der Waals surface area contributed by atoms with Crippen molar-refractivity contribution in [3.63, 3.8) is 0 Å². The summed E-state index contributed by atoms with van der Waals surface area (Å²) in [5.41, 5.74) is 2.92. The van der Waals surface area contributed by atoms with Crippen LogP contribution in [0.3, 0.4) is 0 Å². The lowest BCUT2D eigenvalue weighted by Gasteiger charge is -2.09. The number of carboxylic acid groups (broad SMARTS) is 1. The van der Waals surface area contributed by atoms with Crippen molar-refractivity contribution in [3.05, 3.63) is 54.7 Å². The molecule has 1 heterocycles. The lowest BCUT2D eigenvalue weighted by atomic mass is 10.0. The molecule has 2 aromatic carbocycles. The second-order valence-electron chi connectivity index (χ2n) is 4.43. The Kier molecular flexibility index (Phi) is 3.13. The summed E-state index contributed by atoms with van der Waals surface area (Å²) in [4.78, 5) is 13.9. The van der Waals surface area contributed by atoms with E-state index in [1.807, 2.05) is 48.7 Å². The molecule has 0 atom stereocenters. The maximum Gasteiger partial charge on any atom is 0.341 e. The summed E-state index contributed by atoms with van der Waals surface area (Å²) in [5, 5.41) is 9.82. The Balaban J connectivity index is 2.07. The van der Waals surface area contributed by atoms with E-state index in [0.717, 1.165) is 22.0 Å². The molecule has 20 heavy (non-hydrogen) atoms. The van der Waals surface area contributed by atoms with Crippen molar-refractivity contribution in [1.29, 1.82) is 0 Å². The molecule has 4 heteroatoms. The Hall–Kier alpha value is -2.75. The van der Waals surface area contributed by atoms with Crippen LogP contribution >= 0.6 is 0 Å². The molecule has 2 N–H and O–H groups in total. The van der Waals surface area contributed by atoms with Gasteiger partial charge in [-0.3, -0.25) is 0 Å². The SMILES string of the molecule is O=C(O)COc1ccccc1-c1c[nH]c2ccccc12. The number of nitrogens with one attached hydrogen (secondary N) is 1. The molecule has 0 saturated carbocycles. The fourth-order valence-electron chi connectivity index (χ4n) is 2.25. The normalized spacial score (nSPS) is 10.6. The van der Waals surface area contributed by atoms with Crippen molar-refractivity contribution < 1.29 is 14.6 Å². The zero-order chi connectivity index (χ0) is 13.9. The number of aromatic nitrogens is 1. The van der Waals surface area contributed by atoms with Crippen LogP contribution in [0.2, 0.25) is 0 Å². The van der Waals surface area contributed by atoms with E-state index in [1.165, 1.54) is 0 Å². The minimum absolute atomic E-state index is 0.348. The van der Waals surface area contributed by atoms with E-state index in [-0.39, 0.29) is 6.61 Å². The van der Waals surface area contributed by atoms with Gasteiger partial charge in [0.2, 0.25) is 0 Å².